The topological polar surface area (TPSA) is 93.7 Å². The molecule has 142 valence electrons. The lowest BCUT2D eigenvalue weighted by Gasteiger charge is -2.26. The van der Waals surface area contributed by atoms with Gasteiger partial charge in [0, 0.05) is 11.7 Å². The zero-order valence-corrected chi connectivity index (χ0v) is 15.2. The van der Waals surface area contributed by atoms with Crippen molar-refractivity contribution < 1.29 is 23.9 Å². The normalized spacial score (nSPS) is 19.3. The number of carbonyl (C=O) groups is 3. The van der Waals surface area contributed by atoms with Gasteiger partial charge in [0.25, 0.3) is 5.91 Å². The third-order valence-corrected chi connectivity index (χ3v) is 4.36. The van der Waals surface area contributed by atoms with Crippen LogP contribution in [0.3, 0.4) is 0 Å². The van der Waals surface area contributed by atoms with E-state index in [1.807, 2.05) is 0 Å². The number of nitrogens with one attached hydrogen (secondary N) is 2. The van der Waals surface area contributed by atoms with E-state index in [4.69, 9.17) is 9.47 Å². The van der Waals surface area contributed by atoms with Crippen LogP contribution in [0, 0.1) is 5.92 Å². The molecule has 1 aromatic rings. The Hall–Kier alpha value is -2.57. The summed E-state index contributed by atoms with van der Waals surface area (Å²) < 4.78 is 9.82. The predicted molar refractivity (Wildman–Crippen MR) is 96.9 cm³/mol. The summed E-state index contributed by atoms with van der Waals surface area (Å²) in [7, 11) is 0. The minimum absolute atomic E-state index is 0.172. The molecule has 1 aromatic carbocycles. The molecule has 0 aliphatic heterocycles. The van der Waals surface area contributed by atoms with Crippen LogP contribution in [0.5, 0.6) is 0 Å². The zero-order valence-electron chi connectivity index (χ0n) is 15.2. The van der Waals surface area contributed by atoms with Gasteiger partial charge in [0.2, 0.25) is 0 Å². The smallest absolute Gasteiger partial charge is 0.411 e. The first-order chi connectivity index (χ1) is 12.5. The fourth-order valence-electron chi connectivity index (χ4n) is 2.86. The van der Waals surface area contributed by atoms with Crippen LogP contribution in [-0.4, -0.2) is 37.2 Å². The second-order valence-corrected chi connectivity index (χ2v) is 6.52. The SMILES string of the molecule is CCOC(=O)Nc1ccc(C(=O)OCC(=O)NC2CCC(C)CC2)cc1. The first-order valence-corrected chi connectivity index (χ1v) is 8.98. The first-order valence-electron chi connectivity index (χ1n) is 8.98. The van der Waals surface area contributed by atoms with Crippen LogP contribution in [0.1, 0.15) is 49.9 Å². The molecule has 2 amide bonds. The standard InChI is InChI=1S/C19H26N2O5/c1-3-25-19(24)21-16-10-6-14(7-11-16)18(23)26-12-17(22)20-15-8-4-13(2)5-9-15/h6-7,10-11,13,15H,3-5,8-9,12H2,1-2H3,(H,20,22)(H,21,24). The fourth-order valence-corrected chi connectivity index (χ4v) is 2.86. The van der Waals surface area contributed by atoms with E-state index >= 15 is 0 Å². The summed E-state index contributed by atoms with van der Waals surface area (Å²) in [4.78, 5) is 35.2. The van der Waals surface area contributed by atoms with Gasteiger partial charge in [-0.05, 0) is 62.8 Å². The second-order valence-electron chi connectivity index (χ2n) is 6.52. The van der Waals surface area contributed by atoms with E-state index in [2.05, 4.69) is 17.6 Å². The molecule has 2 rings (SSSR count). The van der Waals surface area contributed by atoms with Crippen molar-refractivity contribution in [2.45, 2.75) is 45.6 Å². The summed E-state index contributed by atoms with van der Waals surface area (Å²) in [5.74, 6) is -0.152. The van der Waals surface area contributed by atoms with Crippen molar-refractivity contribution in [3.8, 4) is 0 Å². The molecule has 2 N–H and O–H groups in total. The van der Waals surface area contributed by atoms with Gasteiger partial charge in [-0.15, -0.1) is 0 Å². The van der Waals surface area contributed by atoms with Gasteiger partial charge in [-0.2, -0.15) is 0 Å². The summed E-state index contributed by atoms with van der Waals surface area (Å²) in [6, 6.07) is 6.34. The number of hydrogen-bond donors (Lipinski definition) is 2. The Morgan fingerprint density at radius 2 is 1.69 bits per heavy atom. The summed E-state index contributed by atoms with van der Waals surface area (Å²) in [5.41, 5.74) is 0.808. The number of esters is 1. The zero-order chi connectivity index (χ0) is 18.9. The molecule has 7 heteroatoms. The fraction of sp³-hybridized carbons (Fsp3) is 0.526. The maximum Gasteiger partial charge on any atom is 0.411 e. The lowest BCUT2D eigenvalue weighted by atomic mass is 9.87. The Morgan fingerprint density at radius 3 is 2.31 bits per heavy atom. The molecular weight excluding hydrogens is 336 g/mol. The Kier molecular flexibility index (Phi) is 7.44. The van der Waals surface area contributed by atoms with Crippen LogP contribution in [-0.2, 0) is 14.3 Å². The van der Waals surface area contributed by atoms with Gasteiger partial charge in [-0.3, -0.25) is 10.1 Å². The molecule has 1 saturated carbocycles. The van der Waals surface area contributed by atoms with Crippen LogP contribution in [0.2, 0.25) is 0 Å². The van der Waals surface area contributed by atoms with Gasteiger partial charge in [0.15, 0.2) is 6.61 Å². The van der Waals surface area contributed by atoms with E-state index in [1.54, 1.807) is 19.1 Å². The molecule has 0 bridgehead atoms. The predicted octanol–water partition coefficient (Wildman–Crippen LogP) is 3.11. The van der Waals surface area contributed by atoms with E-state index in [0.29, 0.717) is 17.2 Å². The van der Waals surface area contributed by atoms with Crippen LogP contribution >= 0.6 is 0 Å². The molecule has 0 atom stereocenters. The number of hydrogen-bond acceptors (Lipinski definition) is 5. The van der Waals surface area contributed by atoms with Gasteiger partial charge < -0.3 is 14.8 Å². The highest BCUT2D eigenvalue weighted by Crippen LogP contribution is 2.23. The average Bonchev–Trinajstić information content (AvgIpc) is 2.62. The number of benzene rings is 1. The molecule has 1 aliphatic rings. The molecule has 0 saturated heterocycles. The molecule has 0 aromatic heterocycles. The van der Waals surface area contributed by atoms with Crippen molar-refractivity contribution in [1.82, 2.24) is 5.32 Å². The molecule has 7 nitrogen and oxygen atoms in total. The molecule has 0 unspecified atom stereocenters. The van der Waals surface area contributed by atoms with E-state index in [-0.39, 0.29) is 25.2 Å². The molecule has 0 radical (unpaired) electrons. The van der Waals surface area contributed by atoms with Crippen LogP contribution in [0.4, 0.5) is 10.5 Å². The van der Waals surface area contributed by atoms with E-state index in [1.165, 1.54) is 12.1 Å². The minimum Gasteiger partial charge on any atom is -0.452 e. The lowest BCUT2D eigenvalue weighted by molar-refractivity contribution is -0.125. The summed E-state index contributed by atoms with van der Waals surface area (Å²) >= 11 is 0. The minimum atomic E-state index is -0.583. The highest BCUT2D eigenvalue weighted by Gasteiger charge is 2.20. The van der Waals surface area contributed by atoms with E-state index < -0.39 is 12.1 Å². The van der Waals surface area contributed by atoms with E-state index in [0.717, 1.165) is 25.7 Å². The molecule has 0 heterocycles. The number of rotatable bonds is 6. The van der Waals surface area contributed by atoms with Crippen molar-refractivity contribution in [3.05, 3.63) is 29.8 Å². The molecular formula is C19H26N2O5. The molecule has 1 fully saturated rings. The average molecular weight is 362 g/mol. The third-order valence-electron chi connectivity index (χ3n) is 4.36. The number of ether oxygens (including phenoxy) is 2. The van der Waals surface area contributed by atoms with Crippen LogP contribution in [0.25, 0.3) is 0 Å². The number of anilines is 1. The Morgan fingerprint density at radius 1 is 1.04 bits per heavy atom. The summed E-state index contributed by atoms with van der Waals surface area (Å²) in [5, 5.41) is 5.44. The molecule has 26 heavy (non-hydrogen) atoms. The third kappa shape index (κ3) is 6.38. The Bertz CT molecular complexity index is 621. The van der Waals surface area contributed by atoms with Crippen molar-refractivity contribution in [2.75, 3.05) is 18.5 Å². The van der Waals surface area contributed by atoms with Crippen LogP contribution in [0.15, 0.2) is 24.3 Å². The summed E-state index contributed by atoms with van der Waals surface area (Å²) in [6.07, 6.45) is 3.59. The lowest BCUT2D eigenvalue weighted by Crippen LogP contribution is -2.39. The number of amides is 2. The second kappa shape index (κ2) is 9.79. The quantitative estimate of drug-likeness (QED) is 0.759. The van der Waals surface area contributed by atoms with Crippen molar-refractivity contribution >= 4 is 23.7 Å². The summed E-state index contributed by atoms with van der Waals surface area (Å²) in [6.45, 7) is 3.91. The van der Waals surface area contributed by atoms with Crippen molar-refractivity contribution in [2.24, 2.45) is 5.92 Å². The van der Waals surface area contributed by atoms with Gasteiger partial charge in [-0.1, -0.05) is 6.92 Å². The largest absolute Gasteiger partial charge is 0.452 e. The monoisotopic (exact) mass is 362 g/mol. The van der Waals surface area contributed by atoms with Crippen LogP contribution < -0.4 is 10.6 Å². The first kappa shape index (κ1) is 19.8. The molecule has 0 spiro atoms. The van der Waals surface area contributed by atoms with E-state index in [9.17, 15) is 14.4 Å². The Balaban J connectivity index is 1.75. The maximum atomic E-state index is 12.0. The van der Waals surface area contributed by atoms with Crippen molar-refractivity contribution in [3.63, 3.8) is 0 Å². The highest BCUT2D eigenvalue weighted by atomic mass is 16.5. The van der Waals surface area contributed by atoms with Gasteiger partial charge in [-0.25, -0.2) is 9.59 Å². The van der Waals surface area contributed by atoms with Crippen molar-refractivity contribution in [1.29, 1.82) is 0 Å². The maximum absolute atomic E-state index is 12.0. The van der Waals surface area contributed by atoms with Gasteiger partial charge >= 0.3 is 12.1 Å². The highest BCUT2D eigenvalue weighted by molar-refractivity contribution is 5.92. The van der Waals surface area contributed by atoms with Gasteiger partial charge in [0.05, 0.1) is 12.2 Å². The Labute approximate surface area is 153 Å². The number of carbonyl (C=O) groups excluding carboxylic acids is 3. The molecule has 1 aliphatic carbocycles. The van der Waals surface area contributed by atoms with Gasteiger partial charge in [0.1, 0.15) is 0 Å².